The van der Waals surface area contributed by atoms with Crippen molar-refractivity contribution in [3.8, 4) is 6.07 Å². The molecule has 0 fully saturated rings. The Bertz CT molecular complexity index is 433. The van der Waals surface area contributed by atoms with Gasteiger partial charge in [0.2, 0.25) is 0 Å². The van der Waals surface area contributed by atoms with Gasteiger partial charge in [0.1, 0.15) is 0 Å². The third kappa shape index (κ3) is 3.35. The maximum Gasteiger partial charge on any atom is 0.0968 e. The van der Waals surface area contributed by atoms with Crippen LogP contribution < -0.4 is 5.73 Å². The summed E-state index contributed by atoms with van der Waals surface area (Å²) in [5.41, 5.74) is 9.55. The standard InChI is InChI=1S/C15H20N2/c1-4-5-14(10-16)15(17)13-8-6-12(7-9-13)11(2)3/h6-9,11H,4-5,17H2,1-3H3/b15-14-. The molecule has 0 heterocycles. The molecular weight excluding hydrogens is 208 g/mol. The normalized spacial score (nSPS) is 12.2. The quantitative estimate of drug-likeness (QED) is 0.797. The monoisotopic (exact) mass is 228 g/mol. The third-order valence-electron chi connectivity index (χ3n) is 2.85. The number of nitrogens with zero attached hydrogens (tertiary/aromatic N) is 1. The maximum atomic E-state index is 9.04. The first-order chi connectivity index (χ1) is 8.10. The number of nitriles is 1. The van der Waals surface area contributed by atoms with Gasteiger partial charge in [-0.3, -0.25) is 0 Å². The first kappa shape index (κ1) is 13.3. The molecule has 1 rings (SSSR count). The van der Waals surface area contributed by atoms with Crippen LogP contribution in [0.25, 0.3) is 5.70 Å². The Hall–Kier alpha value is -1.75. The summed E-state index contributed by atoms with van der Waals surface area (Å²) >= 11 is 0. The predicted octanol–water partition coefficient (Wildman–Crippen LogP) is 3.80. The molecule has 0 amide bonds. The van der Waals surface area contributed by atoms with Crippen LogP contribution in [-0.4, -0.2) is 0 Å². The molecule has 0 saturated carbocycles. The molecule has 0 aromatic heterocycles. The zero-order valence-electron chi connectivity index (χ0n) is 10.8. The molecule has 2 N–H and O–H groups in total. The first-order valence-electron chi connectivity index (χ1n) is 6.09. The number of hydrogen-bond donors (Lipinski definition) is 1. The van der Waals surface area contributed by atoms with Crippen molar-refractivity contribution in [3.05, 3.63) is 41.0 Å². The van der Waals surface area contributed by atoms with E-state index in [-0.39, 0.29) is 0 Å². The minimum Gasteiger partial charge on any atom is -0.397 e. The topological polar surface area (TPSA) is 49.8 Å². The van der Waals surface area contributed by atoms with Gasteiger partial charge in [-0.25, -0.2) is 0 Å². The van der Waals surface area contributed by atoms with Crippen molar-refractivity contribution in [2.45, 2.75) is 39.5 Å². The molecule has 2 heteroatoms. The Labute approximate surface area is 104 Å². The Kier molecular flexibility index (Phi) is 4.78. The molecule has 0 spiro atoms. The number of hydrogen-bond acceptors (Lipinski definition) is 2. The van der Waals surface area contributed by atoms with E-state index in [2.05, 4.69) is 32.0 Å². The SMILES string of the molecule is CCC/C(C#N)=C(/N)c1ccc(C(C)C)cc1. The van der Waals surface area contributed by atoms with Gasteiger partial charge in [-0.2, -0.15) is 5.26 Å². The van der Waals surface area contributed by atoms with Crippen LogP contribution in [0.15, 0.2) is 29.8 Å². The lowest BCUT2D eigenvalue weighted by molar-refractivity contribution is 0.866. The van der Waals surface area contributed by atoms with Crippen LogP contribution in [0, 0.1) is 11.3 Å². The smallest absolute Gasteiger partial charge is 0.0968 e. The van der Waals surface area contributed by atoms with Crippen LogP contribution >= 0.6 is 0 Å². The van der Waals surface area contributed by atoms with Crippen molar-refractivity contribution in [1.29, 1.82) is 5.26 Å². The minimum atomic E-state index is 0.514. The fourth-order valence-electron chi connectivity index (χ4n) is 1.72. The lowest BCUT2D eigenvalue weighted by atomic mass is 9.99. The van der Waals surface area contributed by atoms with Crippen LogP contribution in [0.2, 0.25) is 0 Å². The molecule has 1 aromatic carbocycles. The highest BCUT2D eigenvalue weighted by Gasteiger charge is 2.05. The van der Waals surface area contributed by atoms with Gasteiger partial charge < -0.3 is 5.73 Å². The Morgan fingerprint density at radius 3 is 2.29 bits per heavy atom. The third-order valence-corrected chi connectivity index (χ3v) is 2.85. The second kappa shape index (κ2) is 6.10. The molecule has 0 bridgehead atoms. The van der Waals surface area contributed by atoms with Crippen molar-refractivity contribution < 1.29 is 0 Å². The van der Waals surface area contributed by atoms with E-state index >= 15 is 0 Å². The van der Waals surface area contributed by atoms with E-state index in [1.165, 1.54) is 5.56 Å². The number of benzene rings is 1. The van der Waals surface area contributed by atoms with E-state index in [0.29, 0.717) is 17.2 Å². The highest BCUT2D eigenvalue weighted by Crippen LogP contribution is 2.20. The first-order valence-corrected chi connectivity index (χ1v) is 6.09. The van der Waals surface area contributed by atoms with Gasteiger partial charge in [-0.15, -0.1) is 0 Å². The molecular formula is C15H20N2. The summed E-state index contributed by atoms with van der Waals surface area (Å²) in [6.07, 6.45) is 1.68. The van der Waals surface area contributed by atoms with Crippen molar-refractivity contribution in [3.63, 3.8) is 0 Å². The van der Waals surface area contributed by atoms with Crippen LogP contribution in [0.4, 0.5) is 0 Å². The molecule has 2 nitrogen and oxygen atoms in total. The summed E-state index contributed by atoms with van der Waals surface area (Å²) in [7, 11) is 0. The summed E-state index contributed by atoms with van der Waals surface area (Å²) < 4.78 is 0. The average Bonchev–Trinajstić information content (AvgIpc) is 2.35. The van der Waals surface area contributed by atoms with Crippen LogP contribution in [0.5, 0.6) is 0 Å². The summed E-state index contributed by atoms with van der Waals surface area (Å²) in [4.78, 5) is 0. The number of allylic oxidation sites excluding steroid dienone is 1. The van der Waals surface area contributed by atoms with E-state index in [1.807, 2.05) is 19.1 Å². The molecule has 0 saturated heterocycles. The molecule has 17 heavy (non-hydrogen) atoms. The highest BCUT2D eigenvalue weighted by molar-refractivity contribution is 5.69. The minimum absolute atomic E-state index is 0.514. The Morgan fingerprint density at radius 1 is 1.29 bits per heavy atom. The van der Waals surface area contributed by atoms with Gasteiger partial charge in [0.15, 0.2) is 0 Å². The van der Waals surface area contributed by atoms with Crippen molar-refractivity contribution in [2.24, 2.45) is 5.73 Å². The van der Waals surface area contributed by atoms with Crippen molar-refractivity contribution in [1.82, 2.24) is 0 Å². The molecule has 1 aromatic rings. The summed E-state index contributed by atoms with van der Waals surface area (Å²) in [6, 6.07) is 10.3. The van der Waals surface area contributed by atoms with Gasteiger partial charge in [0.25, 0.3) is 0 Å². The van der Waals surface area contributed by atoms with Crippen LogP contribution in [-0.2, 0) is 0 Å². The Balaban J connectivity index is 3.04. The van der Waals surface area contributed by atoms with E-state index in [1.54, 1.807) is 0 Å². The van der Waals surface area contributed by atoms with E-state index < -0.39 is 0 Å². The summed E-state index contributed by atoms with van der Waals surface area (Å²) in [5, 5.41) is 9.04. The maximum absolute atomic E-state index is 9.04. The van der Waals surface area contributed by atoms with Crippen LogP contribution in [0.1, 0.15) is 50.7 Å². The molecule has 0 aliphatic carbocycles. The summed E-state index contributed by atoms with van der Waals surface area (Å²) in [6.45, 7) is 6.37. The summed E-state index contributed by atoms with van der Waals surface area (Å²) in [5.74, 6) is 0.514. The lowest BCUT2D eigenvalue weighted by Crippen LogP contribution is -2.01. The van der Waals surface area contributed by atoms with Crippen molar-refractivity contribution >= 4 is 5.70 Å². The molecule has 90 valence electrons. The second-order valence-electron chi connectivity index (χ2n) is 4.53. The average molecular weight is 228 g/mol. The van der Waals surface area contributed by atoms with Crippen LogP contribution in [0.3, 0.4) is 0 Å². The molecule has 0 atom stereocenters. The van der Waals surface area contributed by atoms with E-state index in [9.17, 15) is 0 Å². The fourth-order valence-corrected chi connectivity index (χ4v) is 1.72. The Morgan fingerprint density at radius 2 is 1.88 bits per heavy atom. The molecule has 0 radical (unpaired) electrons. The zero-order valence-corrected chi connectivity index (χ0v) is 10.8. The number of rotatable bonds is 4. The fraction of sp³-hybridized carbons (Fsp3) is 0.400. The van der Waals surface area contributed by atoms with Gasteiger partial charge in [-0.05, 0) is 23.5 Å². The highest BCUT2D eigenvalue weighted by atomic mass is 14.6. The molecule has 0 aliphatic rings. The van der Waals surface area contributed by atoms with E-state index in [4.69, 9.17) is 11.0 Å². The van der Waals surface area contributed by atoms with Gasteiger partial charge in [0, 0.05) is 0 Å². The largest absolute Gasteiger partial charge is 0.397 e. The lowest BCUT2D eigenvalue weighted by Gasteiger charge is -2.08. The zero-order chi connectivity index (χ0) is 12.8. The van der Waals surface area contributed by atoms with Gasteiger partial charge in [0.05, 0.1) is 17.3 Å². The van der Waals surface area contributed by atoms with Gasteiger partial charge >= 0.3 is 0 Å². The van der Waals surface area contributed by atoms with Gasteiger partial charge in [-0.1, -0.05) is 51.5 Å². The molecule has 0 aliphatic heterocycles. The molecule has 0 unspecified atom stereocenters. The number of nitrogens with two attached hydrogens (primary N) is 1. The van der Waals surface area contributed by atoms with Crippen molar-refractivity contribution in [2.75, 3.05) is 0 Å². The second-order valence-corrected chi connectivity index (χ2v) is 4.53. The predicted molar refractivity (Wildman–Crippen MR) is 72.2 cm³/mol. The van der Waals surface area contributed by atoms with E-state index in [0.717, 1.165) is 18.4 Å².